The van der Waals surface area contributed by atoms with Gasteiger partial charge in [-0.3, -0.25) is 30.6 Å². The standard InChI is InChI=1S/C25H34N10O2S2/c1-36-22-6-3-8-28-20(22)16-38-14-12-32-24(34-18-26)30-10-5-11-31-25(35-19-27)33-13-15-39-17-21-23(37-2)7-4-9-29-21/h3-4,6-9H,5,10-17H2,1-2H3,(H2,30,32,34)(H2,31,33,35). The van der Waals surface area contributed by atoms with Gasteiger partial charge in [0, 0.05) is 61.6 Å². The molecule has 0 aliphatic rings. The van der Waals surface area contributed by atoms with Crippen LogP contribution in [0.5, 0.6) is 11.5 Å². The number of aliphatic imine (C=N–C) groups is 2. The Morgan fingerprint density at radius 2 is 1.28 bits per heavy atom. The summed E-state index contributed by atoms with van der Waals surface area (Å²) >= 11 is 3.41. The Hall–Kier alpha value is -3.88. The van der Waals surface area contributed by atoms with Crippen LogP contribution in [0.2, 0.25) is 0 Å². The first kappa shape index (κ1) is 31.3. The van der Waals surface area contributed by atoms with Gasteiger partial charge in [-0.05, 0) is 30.7 Å². The van der Waals surface area contributed by atoms with Gasteiger partial charge in [-0.15, -0.1) is 0 Å². The zero-order chi connectivity index (χ0) is 28.0. The maximum atomic E-state index is 9.00. The topological polar surface area (TPSA) is 165 Å². The Morgan fingerprint density at radius 3 is 1.69 bits per heavy atom. The summed E-state index contributed by atoms with van der Waals surface area (Å²) in [4.78, 5) is 17.5. The summed E-state index contributed by atoms with van der Waals surface area (Å²) in [6.07, 6.45) is 7.96. The minimum atomic E-state index is 0.424. The number of aromatic nitrogens is 2. The molecule has 208 valence electrons. The summed E-state index contributed by atoms with van der Waals surface area (Å²) in [5, 5.41) is 29.4. The van der Waals surface area contributed by atoms with Crippen molar-refractivity contribution in [2.45, 2.75) is 17.9 Å². The molecule has 2 heterocycles. The maximum absolute atomic E-state index is 9.00. The molecule has 0 atom stereocenters. The highest BCUT2D eigenvalue weighted by atomic mass is 32.2. The van der Waals surface area contributed by atoms with Crippen molar-refractivity contribution in [1.82, 2.24) is 31.2 Å². The fraction of sp³-hybridized carbons (Fsp3) is 0.440. The fourth-order valence-electron chi connectivity index (χ4n) is 3.09. The third kappa shape index (κ3) is 13.0. The number of hydrogen-bond donors (Lipinski definition) is 4. The van der Waals surface area contributed by atoms with Crippen LogP contribution in [0.25, 0.3) is 0 Å². The molecular formula is C25H34N10O2S2. The molecule has 0 unspecified atom stereocenters. The Labute approximate surface area is 238 Å². The number of guanidine groups is 2. The predicted molar refractivity (Wildman–Crippen MR) is 157 cm³/mol. The van der Waals surface area contributed by atoms with E-state index in [0.29, 0.717) is 44.5 Å². The Bertz CT molecular complexity index is 1050. The molecule has 0 aliphatic heterocycles. The Kier molecular flexibility index (Phi) is 16.2. The van der Waals surface area contributed by atoms with Crippen LogP contribution in [0.1, 0.15) is 17.8 Å². The van der Waals surface area contributed by atoms with Crippen LogP contribution in [0.4, 0.5) is 0 Å². The lowest BCUT2D eigenvalue weighted by molar-refractivity contribution is 0.409. The number of methoxy groups -OCH3 is 2. The van der Waals surface area contributed by atoms with Gasteiger partial charge < -0.3 is 20.1 Å². The van der Waals surface area contributed by atoms with Crippen molar-refractivity contribution in [2.24, 2.45) is 9.98 Å². The third-order valence-electron chi connectivity index (χ3n) is 4.90. The summed E-state index contributed by atoms with van der Waals surface area (Å²) in [5.41, 5.74) is 1.80. The van der Waals surface area contributed by atoms with Crippen LogP contribution < -0.4 is 30.7 Å². The molecule has 0 spiro atoms. The second-order valence-electron chi connectivity index (χ2n) is 7.55. The number of nitrogens with zero attached hydrogens (tertiary/aromatic N) is 6. The van der Waals surface area contributed by atoms with Gasteiger partial charge >= 0.3 is 0 Å². The average molecular weight is 571 g/mol. The molecule has 0 amide bonds. The number of thioether (sulfide) groups is 2. The van der Waals surface area contributed by atoms with Gasteiger partial charge in [0.25, 0.3) is 0 Å². The lowest BCUT2D eigenvalue weighted by Crippen LogP contribution is -2.36. The van der Waals surface area contributed by atoms with Crippen molar-refractivity contribution in [3.63, 3.8) is 0 Å². The molecule has 12 nitrogen and oxygen atoms in total. The minimum absolute atomic E-state index is 0.424. The molecule has 0 aliphatic carbocycles. The van der Waals surface area contributed by atoms with Crippen molar-refractivity contribution >= 4 is 35.4 Å². The van der Waals surface area contributed by atoms with Crippen LogP contribution in [-0.2, 0) is 11.5 Å². The third-order valence-corrected chi connectivity index (χ3v) is 6.84. The quantitative estimate of drug-likeness (QED) is 0.0765. The van der Waals surface area contributed by atoms with Gasteiger partial charge in [0.1, 0.15) is 11.5 Å². The van der Waals surface area contributed by atoms with Crippen LogP contribution in [-0.4, -0.2) is 73.8 Å². The van der Waals surface area contributed by atoms with Crippen molar-refractivity contribution in [3.05, 3.63) is 48.0 Å². The maximum Gasteiger partial charge on any atom is 0.204 e. The fourth-order valence-corrected chi connectivity index (χ4v) is 4.70. The Morgan fingerprint density at radius 1 is 0.821 bits per heavy atom. The number of rotatable bonds is 16. The Balaban J connectivity index is 1.65. The van der Waals surface area contributed by atoms with Crippen molar-refractivity contribution < 1.29 is 9.47 Å². The molecule has 4 N–H and O–H groups in total. The number of nitriles is 2. The van der Waals surface area contributed by atoms with E-state index in [0.717, 1.165) is 45.9 Å². The van der Waals surface area contributed by atoms with Gasteiger partial charge in [-0.2, -0.15) is 34.0 Å². The molecule has 0 bridgehead atoms. The summed E-state index contributed by atoms with van der Waals surface area (Å²) in [6, 6.07) is 7.47. The summed E-state index contributed by atoms with van der Waals surface area (Å²) < 4.78 is 10.6. The highest BCUT2D eigenvalue weighted by Crippen LogP contribution is 2.20. The van der Waals surface area contributed by atoms with Gasteiger partial charge in [-0.1, -0.05) is 0 Å². The zero-order valence-corrected chi connectivity index (χ0v) is 23.8. The van der Waals surface area contributed by atoms with E-state index in [-0.39, 0.29) is 0 Å². The van der Waals surface area contributed by atoms with E-state index in [1.165, 1.54) is 0 Å². The normalized spacial score (nSPS) is 11.2. The minimum Gasteiger partial charge on any atom is -0.495 e. The molecule has 0 saturated heterocycles. The van der Waals surface area contributed by atoms with E-state index < -0.39 is 0 Å². The highest BCUT2D eigenvalue weighted by Gasteiger charge is 2.05. The second kappa shape index (κ2) is 20.1. The van der Waals surface area contributed by atoms with Crippen LogP contribution >= 0.6 is 23.5 Å². The van der Waals surface area contributed by atoms with E-state index in [9.17, 15) is 0 Å². The molecule has 0 saturated carbocycles. The predicted octanol–water partition coefficient (Wildman–Crippen LogP) is 2.08. The van der Waals surface area contributed by atoms with E-state index in [4.69, 9.17) is 20.0 Å². The summed E-state index contributed by atoms with van der Waals surface area (Å²) in [6.45, 7) is 2.22. The number of hydrogen-bond acceptors (Lipinski definition) is 10. The lowest BCUT2D eigenvalue weighted by Gasteiger charge is -2.10. The molecule has 39 heavy (non-hydrogen) atoms. The van der Waals surface area contributed by atoms with Crippen molar-refractivity contribution in [3.8, 4) is 23.9 Å². The molecular weight excluding hydrogens is 536 g/mol. The molecule has 0 aromatic carbocycles. The van der Waals surface area contributed by atoms with E-state index in [2.05, 4.69) is 41.2 Å². The largest absolute Gasteiger partial charge is 0.495 e. The number of ether oxygens (including phenoxy) is 2. The van der Waals surface area contributed by atoms with Gasteiger partial charge in [0.15, 0.2) is 12.4 Å². The molecule has 0 fully saturated rings. The van der Waals surface area contributed by atoms with Crippen LogP contribution in [0.15, 0.2) is 46.6 Å². The average Bonchev–Trinajstić information content (AvgIpc) is 2.96. The first-order valence-electron chi connectivity index (χ1n) is 12.2. The van der Waals surface area contributed by atoms with E-state index in [1.807, 2.05) is 36.7 Å². The van der Waals surface area contributed by atoms with Crippen molar-refractivity contribution in [1.29, 1.82) is 10.5 Å². The molecule has 2 aromatic heterocycles. The van der Waals surface area contributed by atoms with Gasteiger partial charge in [-0.25, -0.2) is 0 Å². The number of pyridine rings is 2. The number of nitrogens with one attached hydrogen (secondary N) is 4. The molecule has 0 radical (unpaired) electrons. The molecule has 14 heteroatoms. The summed E-state index contributed by atoms with van der Waals surface area (Å²) in [5.74, 6) is 5.47. The van der Waals surface area contributed by atoms with Crippen LogP contribution in [0.3, 0.4) is 0 Å². The van der Waals surface area contributed by atoms with Crippen molar-refractivity contribution in [2.75, 3.05) is 51.9 Å². The van der Waals surface area contributed by atoms with E-state index >= 15 is 0 Å². The van der Waals surface area contributed by atoms with Gasteiger partial charge in [0.2, 0.25) is 11.9 Å². The lowest BCUT2D eigenvalue weighted by atomic mass is 10.3. The monoisotopic (exact) mass is 570 g/mol. The van der Waals surface area contributed by atoms with E-state index in [1.54, 1.807) is 50.1 Å². The van der Waals surface area contributed by atoms with Gasteiger partial charge in [0.05, 0.1) is 25.6 Å². The second-order valence-corrected chi connectivity index (χ2v) is 9.76. The smallest absolute Gasteiger partial charge is 0.204 e. The highest BCUT2D eigenvalue weighted by molar-refractivity contribution is 7.98. The first-order valence-corrected chi connectivity index (χ1v) is 14.5. The first-order chi connectivity index (χ1) is 19.2. The molecule has 2 aromatic rings. The van der Waals surface area contributed by atoms with Crippen LogP contribution in [0, 0.1) is 22.9 Å². The zero-order valence-electron chi connectivity index (χ0n) is 22.1. The SMILES string of the molecule is COc1cccnc1CSCCNC(=NCCCN=C(NC#N)NCCSCc1ncccc1OC)NC#N. The molecule has 2 rings (SSSR count). The summed E-state index contributed by atoms with van der Waals surface area (Å²) in [7, 11) is 3.27.